The first-order valence-corrected chi connectivity index (χ1v) is 13.7. The van der Waals surface area contributed by atoms with E-state index in [4.69, 9.17) is 0 Å². The Morgan fingerprint density at radius 1 is 0.968 bits per heavy atom. The lowest BCUT2D eigenvalue weighted by Crippen LogP contribution is -2.54. The van der Waals surface area contributed by atoms with Crippen molar-refractivity contribution in [3.8, 4) is 0 Å². The first-order valence-electron chi connectivity index (χ1n) is 13.7. The third kappa shape index (κ3) is 3.58. The summed E-state index contributed by atoms with van der Waals surface area (Å²) in [5.74, 6) is 6.25. The van der Waals surface area contributed by atoms with Gasteiger partial charge in [0.25, 0.3) is 0 Å². The number of hydrogen-bond donors (Lipinski definition) is 2. The average molecular weight is 429 g/mol. The normalized spacial score (nSPS) is 53.1. The first kappa shape index (κ1) is 22.5. The van der Waals surface area contributed by atoms with E-state index in [1.165, 1.54) is 50.5 Å². The van der Waals surface area contributed by atoms with Crippen molar-refractivity contribution in [3.63, 3.8) is 0 Å². The van der Waals surface area contributed by atoms with Gasteiger partial charge in [0.15, 0.2) is 0 Å². The number of hydrogen-bond acceptors (Lipinski definition) is 2. The molecule has 0 radical (unpaired) electrons. The Balaban J connectivity index is 1.31. The fourth-order valence-corrected chi connectivity index (χ4v) is 9.69. The maximum Gasteiger partial charge on any atom is 0.0757 e. The number of aliphatic hydroxyl groups excluding tert-OH is 2. The van der Waals surface area contributed by atoms with Gasteiger partial charge in [0.05, 0.1) is 12.2 Å². The van der Waals surface area contributed by atoms with E-state index in [-0.39, 0.29) is 17.6 Å². The molecule has 0 aromatic heterocycles. The lowest BCUT2D eigenvalue weighted by atomic mass is 9.46. The van der Waals surface area contributed by atoms with Gasteiger partial charge in [-0.05, 0) is 110 Å². The summed E-state index contributed by atoms with van der Waals surface area (Å²) in [6.45, 7) is 12.5. The molecule has 5 aliphatic rings. The summed E-state index contributed by atoms with van der Waals surface area (Å²) in [6, 6.07) is 0. The minimum atomic E-state index is -0.298. The fourth-order valence-electron chi connectivity index (χ4n) is 9.69. The maximum atomic E-state index is 11.3. The molecule has 2 heteroatoms. The highest BCUT2D eigenvalue weighted by Crippen LogP contribution is 2.67. The molecular weight excluding hydrogens is 380 g/mol. The van der Waals surface area contributed by atoms with Crippen molar-refractivity contribution in [2.24, 2.45) is 58.2 Å². The quantitative estimate of drug-likeness (QED) is 0.484. The van der Waals surface area contributed by atoms with Crippen molar-refractivity contribution < 1.29 is 10.2 Å². The second-order valence-corrected chi connectivity index (χ2v) is 13.4. The molecule has 0 unspecified atom stereocenters. The molecule has 0 spiro atoms. The van der Waals surface area contributed by atoms with E-state index >= 15 is 0 Å². The van der Waals surface area contributed by atoms with E-state index < -0.39 is 0 Å². The van der Waals surface area contributed by atoms with Crippen LogP contribution in [0.25, 0.3) is 0 Å². The van der Waals surface area contributed by atoms with Crippen LogP contribution in [0.5, 0.6) is 0 Å². The number of rotatable bonds is 5. The van der Waals surface area contributed by atoms with Crippen LogP contribution in [0.2, 0.25) is 0 Å². The van der Waals surface area contributed by atoms with E-state index in [9.17, 15) is 10.2 Å². The molecule has 2 nitrogen and oxygen atoms in total. The predicted octanol–water partition coefficient (Wildman–Crippen LogP) is 6.61. The van der Waals surface area contributed by atoms with Gasteiger partial charge in [0.1, 0.15) is 0 Å². The standard InChI is InChI=1S/C29H48O2/c1-17(22-14-19(22)3)6-7-18(2)23-8-9-24-27-25(11-13-29(23,24)5)28(4)12-10-21(30)15-20(28)16-26(27)31/h16-19,21-27,30-31H,6-15H2,1-5H3/t17-,18-,19+,21+,22+,23-,24+,25+,26-,27+,28+,29-/m1/s1. The molecule has 0 saturated heterocycles. The molecule has 176 valence electrons. The van der Waals surface area contributed by atoms with Gasteiger partial charge in [-0.2, -0.15) is 0 Å². The van der Waals surface area contributed by atoms with Crippen LogP contribution in [0.3, 0.4) is 0 Å². The van der Waals surface area contributed by atoms with Crippen LogP contribution >= 0.6 is 0 Å². The molecule has 0 heterocycles. The zero-order valence-corrected chi connectivity index (χ0v) is 20.8. The second kappa shape index (κ2) is 7.86. The number of fused-ring (bicyclic) bond motifs is 5. The third-order valence-corrected chi connectivity index (χ3v) is 11.8. The highest BCUT2D eigenvalue weighted by molar-refractivity contribution is 5.27. The van der Waals surface area contributed by atoms with Crippen molar-refractivity contribution in [2.45, 2.75) is 111 Å². The van der Waals surface area contributed by atoms with Crippen LogP contribution in [0.15, 0.2) is 11.6 Å². The van der Waals surface area contributed by atoms with Crippen LogP contribution in [-0.2, 0) is 0 Å². The summed E-state index contributed by atoms with van der Waals surface area (Å²) in [5.41, 5.74) is 1.99. The Bertz CT molecular complexity index is 714. The Hall–Kier alpha value is -0.340. The Labute approximate surface area is 191 Å². The summed E-state index contributed by atoms with van der Waals surface area (Å²) >= 11 is 0. The van der Waals surface area contributed by atoms with Gasteiger partial charge in [-0.15, -0.1) is 0 Å². The summed E-state index contributed by atoms with van der Waals surface area (Å²) in [7, 11) is 0. The predicted molar refractivity (Wildman–Crippen MR) is 127 cm³/mol. The topological polar surface area (TPSA) is 40.5 Å². The minimum absolute atomic E-state index is 0.199. The largest absolute Gasteiger partial charge is 0.393 e. The van der Waals surface area contributed by atoms with Gasteiger partial charge in [-0.3, -0.25) is 0 Å². The van der Waals surface area contributed by atoms with Gasteiger partial charge in [-0.1, -0.05) is 59.1 Å². The van der Waals surface area contributed by atoms with E-state index in [1.54, 1.807) is 0 Å². The Morgan fingerprint density at radius 2 is 1.68 bits per heavy atom. The maximum absolute atomic E-state index is 11.3. The summed E-state index contributed by atoms with van der Waals surface area (Å²) < 4.78 is 0. The molecule has 0 bridgehead atoms. The van der Waals surface area contributed by atoms with E-state index in [0.717, 1.165) is 48.9 Å². The van der Waals surface area contributed by atoms with E-state index in [1.807, 2.05) is 0 Å². The molecular formula is C29H48O2. The molecule has 0 aliphatic heterocycles. The SMILES string of the molecule is C[C@H](CC[C@@H](C)[C@H]1CC[C@H]2[C@@H]3[C@H](O)C=C4C[C@@H](O)CC[C@]4(C)[C@H]3CC[C@]12C)[C@@H]1C[C@@H]1C. The molecule has 5 aliphatic carbocycles. The van der Waals surface area contributed by atoms with Crippen LogP contribution in [-0.4, -0.2) is 22.4 Å². The smallest absolute Gasteiger partial charge is 0.0757 e. The summed E-state index contributed by atoms with van der Waals surface area (Å²) in [6.07, 6.45) is 14.1. The highest BCUT2D eigenvalue weighted by atomic mass is 16.3. The first-order chi connectivity index (χ1) is 14.6. The van der Waals surface area contributed by atoms with Crippen molar-refractivity contribution in [3.05, 3.63) is 11.6 Å². The molecule has 0 aromatic carbocycles. The molecule has 12 atom stereocenters. The second-order valence-electron chi connectivity index (χ2n) is 13.4. The van der Waals surface area contributed by atoms with Gasteiger partial charge < -0.3 is 10.2 Å². The van der Waals surface area contributed by atoms with Gasteiger partial charge in [0.2, 0.25) is 0 Å². The molecule has 5 rings (SSSR count). The molecule has 31 heavy (non-hydrogen) atoms. The van der Waals surface area contributed by atoms with Crippen LogP contribution in [0, 0.1) is 58.2 Å². The number of aliphatic hydroxyl groups is 2. The molecule has 4 saturated carbocycles. The molecule has 0 amide bonds. The molecule has 2 N–H and O–H groups in total. The zero-order valence-electron chi connectivity index (χ0n) is 20.8. The molecule has 4 fully saturated rings. The summed E-state index contributed by atoms with van der Waals surface area (Å²) in [5, 5.41) is 21.6. The highest BCUT2D eigenvalue weighted by Gasteiger charge is 2.61. The summed E-state index contributed by atoms with van der Waals surface area (Å²) in [4.78, 5) is 0. The van der Waals surface area contributed by atoms with E-state index in [2.05, 4.69) is 40.7 Å². The van der Waals surface area contributed by atoms with Crippen molar-refractivity contribution in [1.82, 2.24) is 0 Å². The molecule has 0 aromatic rings. The Kier molecular flexibility index (Phi) is 5.70. The fraction of sp³-hybridized carbons (Fsp3) is 0.931. The minimum Gasteiger partial charge on any atom is -0.393 e. The van der Waals surface area contributed by atoms with Gasteiger partial charge in [-0.25, -0.2) is 0 Å². The van der Waals surface area contributed by atoms with Crippen LogP contribution < -0.4 is 0 Å². The van der Waals surface area contributed by atoms with E-state index in [0.29, 0.717) is 23.2 Å². The van der Waals surface area contributed by atoms with Gasteiger partial charge in [0, 0.05) is 0 Å². The van der Waals surface area contributed by atoms with Gasteiger partial charge >= 0.3 is 0 Å². The lowest BCUT2D eigenvalue weighted by Gasteiger charge is -2.59. The van der Waals surface area contributed by atoms with Crippen molar-refractivity contribution >= 4 is 0 Å². The van der Waals surface area contributed by atoms with Crippen LogP contribution in [0.4, 0.5) is 0 Å². The van der Waals surface area contributed by atoms with Crippen molar-refractivity contribution in [2.75, 3.05) is 0 Å². The Morgan fingerprint density at radius 3 is 2.39 bits per heavy atom. The third-order valence-electron chi connectivity index (χ3n) is 11.8. The monoisotopic (exact) mass is 428 g/mol. The lowest BCUT2D eigenvalue weighted by molar-refractivity contribution is -0.0971. The van der Waals surface area contributed by atoms with Crippen LogP contribution in [0.1, 0.15) is 98.8 Å². The van der Waals surface area contributed by atoms with Crippen molar-refractivity contribution in [1.29, 1.82) is 0 Å². The average Bonchev–Trinajstić information content (AvgIpc) is 3.35. The zero-order chi connectivity index (χ0) is 22.1.